The van der Waals surface area contributed by atoms with Crippen LogP contribution in [0.15, 0.2) is 24.3 Å². The Bertz CT molecular complexity index is 498. The minimum absolute atomic E-state index is 0.186. The van der Waals surface area contributed by atoms with Gasteiger partial charge in [0.1, 0.15) is 0 Å². The summed E-state index contributed by atoms with van der Waals surface area (Å²) in [6.07, 6.45) is 4.14. The first-order valence-corrected chi connectivity index (χ1v) is 9.28. The third-order valence-corrected chi connectivity index (χ3v) is 5.06. The van der Waals surface area contributed by atoms with Crippen molar-refractivity contribution in [3.8, 4) is 0 Å². The SMILES string of the molecule is O=S(=O)(CCCCNC1CC1)Nc1ccc(I)cc1. The molecule has 1 aliphatic carbocycles. The van der Waals surface area contributed by atoms with E-state index in [-0.39, 0.29) is 5.75 Å². The second-order valence-corrected chi connectivity index (χ2v) is 7.95. The van der Waals surface area contributed by atoms with Crippen molar-refractivity contribution in [1.82, 2.24) is 5.32 Å². The summed E-state index contributed by atoms with van der Waals surface area (Å²) in [5, 5.41) is 3.38. The number of anilines is 1. The Morgan fingerprint density at radius 2 is 1.84 bits per heavy atom. The predicted molar refractivity (Wildman–Crippen MR) is 86.8 cm³/mol. The average molecular weight is 394 g/mol. The number of nitrogens with one attached hydrogen (secondary N) is 2. The van der Waals surface area contributed by atoms with Crippen LogP contribution in [0.5, 0.6) is 0 Å². The number of halogens is 1. The molecule has 0 aromatic heterocycles. The lowest BCUT2D eigenvalue weighted by molar-refractivity contribution is 0.591. The topological polar surface area (TPSA) is 58.2 Å². The van der Waals surface area contributed by atoms with Gasteiger partial charge in [-0.05, 0) is 79.1 Å². The Hall–Kier alpha value is -0.340. The number of hydrogen-bond acceptors (Lipinski definition) is 3. The van der Waals surface area contributed by atoms with Crippen molar-refractivity contribution in [1.29, 1.82) is 0 Å². The molecule has 1 fully saturated rings. The van der Waals surface area contributed by atoms with Crippen LogP contribution in [0.3, 0.4) is 0 Å². The molecule has 1 aromatic rings. The lowest BCUT2D eigenvalue weighted by Gasteiger charge is -2.08. The normalized spacial score (nSPS) is 15.4. The molecule has 0 atom stereocenters. The van der Waals surface area contributed by atoms with Crippen LogP contribution in [0.1, 0.15) is 25.7 Å². The van der Waals surface area contributed by atoms with E-state index in [0.29, 0.717) is 18.2 Å². The van der Waals surface area contributed by atoms with Gasteiger partial charge in [-0.1, -0.05) is 0 Å². The Labute approximate surface area is 128 Å². The highest BCUT2D eigenvalue weighted by atomic mass is 127. The van der Waals surface area contributed by atoms with Crippen LogP contribution in [0, 0.1) is 3.57 Å². The second-order valence-electron chi connectivity index (χ2n) is 4.86. The number of sulfonamides is 1. The van der Waals surface area contributed by atoms with Crippen molar-refractivity contribution in [2.24, 2.45) is 0 Å². The largest absolute Gasteiger partial charge is 0.314 e. The molecule has 2 rings (SSSR count). The van der Waals surface area contributed by atoms with Gasteiger partial charge in [0.2, 0.25) is 10.0 Å². The molecule has 1 aromatic carbocycles. The summed E-state index contributed by atoms with van der Waals surface area (Å²) in [6, 6.07) is 8.04. The summed E-state index contributed by atoms with van der Waals surface area (Å²) in [6.45, 7) is 0.920. The Morgan fingerprint density at radius 3 is 2.47 bits per heavy atom. The lowest BCUT2D eigenvalue weighted by Crippen LogP contribution is -2.20. The molecule has 0 amide bonds. The van der Waals surface area contributed by atoms with Gasteiger partial charge in [0.05, 0.1) is 5.75 Å². The standard InChI is InChI=1S/C13H19IN2O2S/c14-11-3-5-13(6-4-11)16-19(17,18)10-2-1-9-15-12-7-8-12/h3-6,12,15-16H,1-2,7-10H2. The summed E-state index contributed by atoms with van der Waals surface area (Å²) in [5.41, 5.74) is 0.636. The Morgan fingerprint density at radius 1 is 1.16 bits per heavy atom. The van der Waals surface area contributed by atoms with Crippen LogP contribution in [0.25, 0.3) is 0 Å². The lowest BCUT2D eigenvalue weighted by atomic mass is 10.3. The van der Waals surface area contributed by atoms with Crippen LogP contribution in [0.2, 0.25) is 0 Å². The van der Waals surface area contributed by atoms with Crippen molar-refractivity contribution >= 4 is 38.3 Å². The predicted octanol–water partition coefficient (Wildman–Crippen LogP) is 2.57. The molecular weight excluding hydrogens is 375 g/mol. The van der Waals surface area contributed by atoms with E-state index in [2.05, 4.69) is 32.6 Å². The molecule has 106 valence electrons. The fourth-order valence-electron chi connectivity index (χ4n) is 1.76. The third-order valence-electron chi connectivity index (χ3n) is 2.97. The van der Waals surface area contributed by atoms with Crippen molar-refractivity contribution in [2.75, 3.05) is 17.0 Å². The molecule has 1 saturated carbocycles. The molecular formula is C13H19IN2O2S. The maximum Gasteiger partial charge on any atom is 0.232 e. The Balaban J connectivity index is 1.69. The first kappa shape index (κ1) is 15.1. The summed E-state index contributed by atoms with van der Waals surface area (Å²) < 4.78 is 27.4. The first-order valence-electron chi connectivity index (χ1n) is 6.55. The fourth-order valence-corrected chi connectivity index (χ4v) is 3.30. The van der Waals surface area contributed by atoms with Crippen molar-refractivity contribution < 1.29 is 8.42 Å². The van der Waals surface area contributed by atoms with Gasteiger partial charge in [-0.15, -0.1) is 0 Å². The molecule has 0 radical (unpaired) electrons. The smallest absolute Gasteiger partial charge is 0.232 e. The van der Waals surface area contributed by atoms with Crippen LogP contribution in [-0.2, 0) is 10.0 Å². The van der Waals surface area contributed by atoms with E-state index in [1.54, 1.807) is 12.1 Å². The van der Waals surface area contributed by atoms with Gasteiger partial charge in [0.15, 0.2) is 0 Å². The molecule has 2 N–H and O–H groups in total. The minimum Gasteiger partial charge on any atom is -0.314 e. The number of unbranched alkanes of at least 4 members (excludes halogenated alkanes) is 1. The van der Waals surface area contributed by atoms with E-state index in [1.807, 2.05) is 12.1 Å². The molecule has 6 heteroatoms. The van der Waals surface area contributed by atoms with Gasteiger partial charge in [0, 0.05) is 15.3 Å². The molecule has 0 bridgehead atoms. The summed E-state index contributed by atoms with van der Waals surface area (Å²) in [5.74, 6) is 0.186. The number of rotatable bonds is 8. The van der Waals surface area contributed by atoms with Crippen LogP contribution in [0.4, 0.5) is 5.69 Å². The molecule has 0 aliphatic heterocycles. The molecule has 19 heavy (non-hydrogen) atoms. The van der Waals surface area contributed by atoms with E-state index in [9.17, 15) is 8.42 Å². The Kier molecular flexibility index (Phi) is 5.47. The molecule has 0 saturated heterocycles. The summed E-state index contributed by atoms with van der Waals surface area (Å²) in [7, 11) is -3.21. The molecule has 0 spiro atoms. The van der Waals surface area contributed by atoms with Crippen LogP contribution >= 0.6 is 22.6 Å². The molecule has 0 unspecified atom stereocenters. The zero-order chi connectivity index (χ0) is 13.7. The van der Waals surface area contributed by atoms with Gasteiger partial charge in [-0.2, -0.15) is 0 Å². The van der Waals surface area contributed by atoms with Gasteiger partial charge < -0.3 is 5.32 Å². The third kappa shape index (κ3) is 6.09. The zero-order valence-corrected chi connectivity index (χ0v) is 13.7. The van der Waals surface area contributed by atoms with E-state index in [1.165, 1.54) is 12.8 Å². The van der Waals surface area contributed by atoms with Gasteiger partial charge in [-0.25, -0.2) is 8.42 Å². The highest BCUT2D eigenvalue weighted by Crippen LogP contribution is 2.18. The van der Waals surface area contributed by atoms with Crippen molar-refractivity contribution in [2.45, 2.75) is 31.7 Å². The second kappa shape index (κ2) is 6.90. The molecule has 4 nitrogen and oxygen atoms in total. The number of hydrogen-bond donors (Lipinski definition) is 2. The van der Waals surface area contributed by atoms with E-state index < -0.39 is 10.0 Å². The summed E-state index contributed by atoms with van der Waals surface area (Å²) in [4.78, 5) is 0. The molecule has 0 heterocycles. The average Bonchev–Trinajstić information content (AvgIpc) is 3.15. The maximum absolute atomic E-state index is 11.9. The number of benzene rings is 1. The van der Waals surface area contributed by atoms with Crippen LogP contribution < -0.4 is 10.0 Å². The highest BCUT2D eigenvalue weighted by molar-refractivity contribution is 14.1. The summed E-state index contributed by atoms with van der Waals surface area (Å²) >= 11 is 2.19. The van der Waals surface area contributed by atoms with Gasteiger partial charge in [-0.3, -0.25) is 4.72 Å². The maximum atomic E-state index is 11.9. The van der Waals surface area contributed by atoms with E-state index in [4.69, 9.17) is 0 Å². The highest BCUT2D eigenvalue weighted by Gasteiger charge is 2.19. The quantitative estimate of drug-likeness (QED) is 0.527. The first-order chi connectivity index (χ1) is 9.05. The monoisotopic (exact) mass is 394 g/mol. The van der Waals surface area contributed by atoms with E-state index >= 15 is 0 Å². The van der Waals surface area contributed by atoms with Crippen molar-refractivity contribution in [3.63, 3.8) is 0 Å². The molecule has 1 aliphatic rings. The zero-order valence-electron chi connectivity index (χ0n) is 10.7. The van der Waals surface area contributed by atoms with Gasteiger partial charge >= 0.3 is 0 Å². The minimum atomic E-state index is -3.21. The van der Waals surface area contributed by atoms with Crippen LogP contribution in [-0.4, -0.2) is 26.8 Å². The van der Waals surface area contributed by atoms with E-state index in [0.717, 1.165) is 16.5 Å². The fraction of sp³-hybridized carbons (Fsp3) is 0.538. The van der Waals surface area contributed by atoms with Crippen molar-refractivity contribution in [3.05, 3.63) is 27.8 Å². The van der Waals surface area contributed by atoms with Gasteiger partial charge in [0.25, 0.3) is 0 Å².